The van der Waals surface area contributed by atoms with Crippen LogP contribution in [0.25, 0.3) is 0 Å². The molecule has 0 bridgehead atoms. The third-order valence-electron chi connectivity index (χ3n) is 7.26. The first kappa shape index (κ1) is 28.3. The van der Waals surface area contributed by atoms with Crippen LogP contribution in [0.2, 0.25) is 0 Å². The molecule has 3 N–H and O–H groups in total. The summed E-state index contributed by atoms with van der Waals surface area (Å²) in [6, 6.07) is 23.3. The number of hydrogen-bond donors (Lipinski definition) is 2. The fourth-order valence-corrected chi connectivity index (χ4v) is 5.12. The average Bonchev–Trinajstić information content (AvgIpc) is 2.98. The van der Waals surface area contributed by atoms with Crippen molar-refractivity contribution in [2.24, 2.45) is 5.73 Å². The van der Waals surface area contributed by atoms with E-state index in [1.54, 1.807) is 12.0 Å². The van der Waals surface area contributed by atoms with Crippen LogP contribution in [0, 0.1) is 5.82 Å². The monoisotopic (exact) mass is 532 g/mol. The molecule has 206 valence electrons. The number of nitrogens with zero attached hydrogens (tertiary/aromatic N) is 2. The summed E-state index contributed by atoms with van der Waals surface area (Å²) in [5.41, 5.74) is 8.40. The fourth-order valence-electron chi connectivity index (χ4n) is 5.12. The van der Waals surface area contributed by atoms with E-state index in [2.05, 4.69) is 34.5 Å². The molecule has 8 heteroatoms. The Labute approximate surface area is 229 Å². The topological polar surface area (TPSA) is 87.9 Å². The van der Waals surface area contributed by atoms with Crippen LogP contribution in [0.3, 0.4) is 0 Å². The summed E-state index contributed by atoms with van der Waals surface area (Å²) < 4.78 is 18.8. The second-order valence-electron chi connectivity index (χ2n) is 9.83. The van der Waals surface area contributed by atoms with Crippen LogP contribution < -0.4 is 15.8 Å². The van der Waals surface area contributed by atoms with E-state index in [1.165, 1.54) is 29.8 Å². The number of likely N-dealkylation sites (tertiary alicyclic amines) is 1. The molecule has 3 aromatic rings. The van der Waals surface area contributed by atoms with Gasteiger partial charge in [-0.05, 0) is 66.8 Å². The van der Waals surface area contributed by atoms with Crippen molar-refractivity contribution in [3.8, 4) is 5.75 Å². The molecule has 3 aromatic carbocycles. The number of halogens is 1. The molecule has 0 spiro atoms. The second-order valence-corrected chi connectivity index (χ2v) is 9.83. The highest BCUT2D eigenvalue weighted by Crippen LogP contribution is 2.26. The summed E-state index contributed by atoms with van der Waals surface area (Å²) in [6.45, 7) is 2.59. The van der Waals surface area contributed by atoms with Gasteiger partial charge in [-0.15, -0.1) is 0 Å². The lowest BCUT2D eigenvalue weighted by atomic mass is 9.93. The summed E-state index contributed by atoms with van der Waals surface area (Å²) in [4.78, 5) is 30.7. The number of nitrogens with one attached hydrogen (secondary N) is 1. The van der Waals surface area contributed by atoms with E-state index >= 15 is 0 Å². The van der Waals surface area contributed by atoms with Crippen molar-refractivity contribution >= 4 is 11.8 Å². The maximum atomic E-state index is 13.5. The predicted molar refractivity (Wildman–Crippen MR) is 150 cm³/mol. The van der Waals surface area contributed by atoms with Gasteiger partial charge in [0, 0.05) is 44.3 Å². The van der Waals surface area contributed by atoms with Crippen molar-refractivity contribution in [3.63, 3.8) is 0 Å². The fraction of sp³-hybridized carbons (Fsp3) is 0.355. The van der Waals surface area contributed by atoms with Gasteiger partial charge in [-0.25, -0.2) is 4.39 Å². The van der Waals surface area contributed by atoms with E-state index in [0.29, 0.717) is 38.2 Å². The highest BCUT2D eigenvalue weighted by molar-refractivity contribution is 5.97. The Bertz CT molecular complexity index is 1200. The van der Waals surface area contributed by atoms with Crippen molar-refractivity contribution in [1.29, 1.82) is 0 Å². The lowest BCUT2D eigenvalue weighted by Gasteiger charge is -2.43. The van der Waals surface area contributed by atoms with Gasteiger partial charge in [-0.1, -0.05) is 42.5 Å². The Morgan fingerprint density at radius 3 is 2.41 bits per heavy atom. The number of piperidine rings is 1. The zero-order chi connectivity index (χ0) is 27.6. The van der Waals surface area contributed by atoms with Crippen LogP contribution in [0.5, 0.6) is 5.75 Å². The number of carbonyl (C=O) groups is 2. The molecule has 1 fully saturated rings. The first-order valence-electron chi connectivity index (χ1n) is 13.4. The third kappa shape index (κ3) is 7.65. The summed E-state index contributed by atoms with van der Waals surface area (Å²) in [5, 5.41) is 2.88. The van der Waals surface area contributed by atoms with E-state index in [4.69, 9.17) is 10.5 Å². The maximum Gasteiger partial charge on any atom is 0.254 e. The summed E-state index contributed by atoms with van der Waals surface area (Å²) in [7, 11) is 1.65. The zero-order valence-corrected chi connectivity index (χ0v) is 22.4. The minimum atomic E-state index is -0.650. The Morgan fingerprint density at radius 1 is 1.03 bits per heavy atom. The summed E-state index contributed by atoms with van der Waals surface area (Å²) in [6.07, 6.45) is 2.09. The first-order valence-corrected chi connectivity index (χ1v) is 13.4. The van der Waals surface area contributed by atoms with Crippen LogP contribution in [0.4, 0.5) is 4.39 Å². The number of rotatable bonds is 11. The number of benzene rings is 3. The summed E-state index contributed by atoms with van der Waals surface area (Å²) >= 11 is 0. The molecule has 1 aliphatic heterocycles. The zero-order valence-electron chi connectivity index (χ0n) is 22.4. The molecule has 1 heterocycles. The largest absolute Gasteiger partial charge is 0.497 e. The SMILES string of the molecule is COc1ccc(CN(CCc2ccccc2)C2CCN(C(=O)c3ccc(F)cc3)[C@@H](C(=O)NCCN)C2)cc1. The van der Waals surface area contributed by atoms with Gasteiger partial charge in [0.25, 0.3) is 5.91 Å². The highest BCUT2D eigenvalue weighted by Gasteiger charge is 2.38. The maximum absolute atomic E-state index is 13.5. The smallest absolute Gasteiger partial charge is 0.254 e. The van der Waals surface area contributed by atoms with Gasteiger partial charge in [-0.2, -0.15) is 0 Å². The molecule has 2 atom stereocenters. The lowest BCUT2D eigenvalue weighted by molar-refractivity contribution is -0.127. The van der Waals surface area contributed by atoms with Crippen LogP contribution >= 0.6 is 0 Å². The number of methoxy groups -OCH3 is 1. The van der Waals surface area contributed by atoms with Crippen molar-refractivity contribution in [3.05, 3.63) is 101 Å². The minimum absolute atomic E-state index is 0.0849. The van der Waals surface area contributed by atoms with Crippen LogP contribution in [-0.4, -0.2) is 67.0 Å². The molecule has 1 saturated heterocycles. The number of carbonyl (C=O) groups excluding carboxylic acids is 2. The molecular formula is C31H37FN4O3. The first-order chi connectivity index (χ1) is 19.0. The van der Waals surface area contributed by atoms with Crippen LogP contribution in [0.15, 0.2) is 78.9 Å². The van der Waals surface area contributed by atoms with Gasteiger partial charge in [0.2, 0.25) is 5.91 Å². The normalized spacial score (nSPS) is 17.2. The second kappa shape index (κ2) is 13.9. The molecule has 1 aliphatic rings. The van der Waals surface area contributed by atoms with Gasteiger partial charge in [0.15, 0.2) is 0 Å². The number of nitrogens with two attached hydrogens (primary N) is 1. The van der Waals surface area contributed by atoms with Gasteiger partial charge in [0.1, 0.15) is 17.6 Å². The quantitative estimate of drug-likeness (QED) is 0.394. The molecule has 0 radical (unpaired) electrons. The van der Waals surface area contributed by atoms with Gasteiger partial charge < -0.3 is 20.7 Å². The molecule has 7 nitrogen and oxygen atoms in total. The molecule has 39 heavy (non-hydrogen) atoms. The van der Waals surface area contributed by atoms with Crippen LogP contribution in [-0.2, 0) is 17.8 Å². The average molecular weight is 533 g/mol. The van der Waals surface area contributed by atoms with Crippen molar-refractivity contribution in [2.45, 2.75) is 37.9 Å². The van der Waals surface area contributed by atoms with E-state index < -0.39 is 11.9 Å². The number of amides is 2. The highest BCUT2D eigenvalue weighted by atomic mass is 19.1. The van der Waals surface area contributed by atoms with E-state index in [-0.39, 0.29) is 17.9 Å². The Morgan fingerprint density at radius 2 is 1.74 bits per heavy atom. The standard InChI is InChI=1S/C31H37FN4O3/c1-39-28-13-7-24(8-14-28)22-35(19-15-23-5-3-2-4-6-23)27-16-20-36(29(21-27)30(37)34-18-17-33)31(38)25-9-11-26(32)12-10-25/h2-14,27,29H,15-22,33H2,1H3,(H,34,37)/t27?,29-/m1/s1. The Balaban J connectivity index is 1.56. The van der Waals surface area contributed by atoms with Gasteiger partial charge in [0.05, 0.1) is 7.11 Å². The van der Waals surface area contributed by atoms with E-state index in [0.717, 1.165) is 30.7 Å². The Kier molecular flexibility index (Phi) is 10.1. The molecule has 1 unspecified atom stereocenters. The molecule has 4 rings (SSSR count). The molecular weight excluding hydrogens is 495 g/mol. The van der Waals surface area contributed by atoms with Gasteiger partial charge >= 0.3 is 0 Å². The van der Waals surface area contributed by atoms with Crippen molar-refractivity contribution < 1.29 is 18.7 Å². The molecule has 0 saturated carbocycles. The Hall–Kier alpha value is -3.75. The van der Waals surface area contributed by atoms with Crippen LogP contribution in [0.1, 0.15) is 34.3 Å². The third-order valence-corrected chi connectivity index (χ3v) is 7.26. The lowest BCUT2D eigenvalue weighted by Crippen LogP contribution is -2.57. The predicted octanol–water partition coefficient (Wildman–Crippen LogP) is 3.63. The van der Waals surface area contributed by atoms with E-state index in [1.807, 2.05) is 30.3 Å². The molecule has 0 aliphatic carbocycles. The minimum Gasteiger partial charge on any atom is -0.497 e. The number of hydrogen-bond acceptors (Lipinski definition) is 5. The molecule has 2 amide bonds. The van der Waals surface area contributed by atoms with Crippen molar-refractivity contribution in [2.75, 3.05) is 33.3 Å². The summed E-state index contributed by atoms with van der Waals surface area (Å²) in [5.74, 6) is -0.0886. The number of ether oxygens (including phenoxy) is 1. The molecule has 0 aromatic heterocycles. The van der Waals surface area contributed by atoms with Gasteiger partial charge in [-0.3, -0.25) is 14.5 Å². The van der Waals surface area contributed by atoms with E-state index in [9.17, 15) is 14.0 Å². The van der Waals surface area contributed by atoms with Crippen molar-refractivity contribution in [1.82, 2.24) is 15.1 Å².